The zero-order valence-electron chi connectivity index (χ0n) is 9.39. The van der Waals surface area contributed by atoms with Crippen LogP contribution in [0.15, 0.2) is 11.0 Å². The van der Waals surface area contributed by atoms with Gasteiger partial charge in [-0.1, -0.05) is 15.9 Å². The first-order chi connectivity index (χ1) is 9.25. The van der Waals surface area contributed by atoms with Crippen LogP contribution in [0.2, 0.25) is 0 Å². The third-order valence-corrected chi connectivity index (χ3v) is 3.79. The van der Waals surface area contributed by atoms with Crippen molar-refractivity contribution >= 4 is 35.7 Å². The molecular formula is C8H3BrClF6NO3S. The predicted octanol–water partition coefficient (Wildman–Crippen LogP) is 3.82. The summed E-state index contributed by atoms with van der Waals surface area (Å²) in [6, 6.07) is -0.0625. The second-order valence-corrected chi connectivity index (χ2v) is 6.50. The number of halogens is 8. The van der Waals surface area contributed by atoms with Gasteiger partial charge in [-0.2, -0.15) is 13.2 Å². The Kier molecular flexibility index (Phi) is 5.05. The van der Waals surface area contributed by atoms with Crippen LogP contribution in [0.1, 0.15) is 11.3 Å². The van der Waals surface area contributed by atoms with Crippen LogP contribution in [-0.2, 0) is 20.6 Å². The molecular weight excluding hydrogens is 420 g/mol. The van der Waals surface area contributed by atoms with E-state index >= 15 is 0 Å². The molecule has 0 saturated heterocycles. The maximum atomic E-state index is 12.7. The number of nitrogens with zero attached hydrogens (tertiary/aromatic N) is 1. The molecule has 0 unspecified atom stereocenters. The Morgan fingerprint density at radius 1 is 1.24 bits per heavy atom. The van der Waals surface area contributed by atoms with Gasteiger partial charge in [0.1, 0.15) is 4.90 Å². The number of hydrogen-bond acceptors (Lipinski definition) is 4. The second-order valence-electron chi connectivity index (χ2n) is 3.40. The lowest BCUT2D eigenvalue weighted by Gasteiger charge is -2.16. The minimum Gasteiger partial charge on any atom is -0.386 e. The average Bonchev–Trinajstić information content (AvgIpc) is 2.22. The average molecular weight is 423 g/mol. The maximum absolute atomic E-state index is 12.7. The summed E-state index contributed by atoms with van der Waals surface area (Å²) in [6.45, 7) is 0. The Morgan fingerprint density at radius 2 is 1.76 bits per heavy atom. The fourth-order valence-electron chi connectivity index (χ4n) is 1.22. The molecule has 0 aromatic carbocycles. The lowest BCUT2D eigenvalue weighted by atomic mass is 10.2. The Hall–Kier alpha value is -0.750. The zero-order chi connectivity index (χ0) is 16.6. The number of hydrogen-bond donors (Lipinski definition) is 0. The minimum absolute atomic E-state index is 0.0625. The van der Waals surface area contributed by atoms with Gasteiger partial charge in [-0.3, -0.25) is 0 Å². The fraction of sp³-hybridized carbons (Fsp3) is 0.375. The SMILES string of the molecule is O=S(=O)(Cl)c1cc(C(F)(F)F)c(CBr)nc1OC(F)(F)F. The molecule has 0 N–H and O–H groups in total. The first-order valence-corrected chi connectivity index (χ1v) is 8.06. The first-order valence-electron chi connectivity index (χ1n) is 4.63. The molecule has 0 aliphatic rings. The van der Waals surface area contributed by atoms with E-state index in [-0.39, 0.29) is 6.07 Å². The molecule has 1 aromatic heterocycles. The summed E-state index contributed by atoms with van der Waals surface area (Å²) in [4.78, 5) is 1.41. The fourth-order valence-corrected chi connectivity index (χ4v) is 2.53. The Labute approximate surface area is 126 Å². The molecule has 0 saturated carbocycles. The van der Waals surface area contributed by atoms with Crippen molar-refractivity contribution in [2.75, 3.05) is 0 Å². The normalized spacial score (nSPS) is 13.3. The van der Waals surface area contributed by atoms with Gasteiger partial charge in [-0.25, -0.2) is 13.4 Å². The molecule has 0 aliphatic carbocycles. The van der Waals surface area contributed by atoms with E-state index in [9.17, 15) is 34.8 Å². The van der Waals surface area contributed by atoms with E-state index in [0.717, 1.165) is 0 Å². The maximum Gasteiger partial charge on any atom is 0.574 e. The molecule has 0 amide bonds. The summed E-state index contributed by atoms with van der Waals surface area (Å²) in [5.74, 6) is -1.58. The molecule has 4 nitrogen and oxygen atoms in total. The lowest BCUT2D eigenvalue weighted by molar-refractivity contribution is -0.277. The van der Waals surface area contributed by atoms with Crippen molar-refractivity contribution in [1.29, 1.82) is 0 Å². The first kappa shape index (κ1) is 18.3. The number of pyridine rings is 1. The number of rotatable bonds is 3. The molecule has 0 atom stereocenters. The van der Waals surface area contributed by atoms with E-state index in [0.29, 0.717) is 0 Å². The van der Waals surface area contributed by atoms with Gasteiger partial charge in [-0.15, -0.1) is 13.2 Å². The second kappa shape index (κ2) is 5.80. The topological polar surface area (TPSA) is 56.3 Å². The van der Waals surface area contributed by atoms with Crippen LogP contribution in [0.25, 0.3) is 0 Å². The van der Waals surface area contributed by atoms with Gasteiger partial charge in [0.05, 0.1) is 11.3 Å². The van der Waals surface area contributed by atoms with Crippen molar-refractivity contribution in [3.8, 4) is 5.88 Å². The summed E-state index contributed by atoms with van der Waals surface area (Å²) in [5, 5.41) is -0.585. The smallest absolute Gasteiger partial charge is 0.386 e. The van der Waals surface area contributed by atoms with Crippen LogP contribution in [0, 0.1) is 0 Å². The standard InChI is InChI=1S/C8H3BrClF6NO3S/c9-2-4-3(7(11,12)13)1-5(21(10,18)19)6(17-4)20-8(14,15)16/h1H,2H2. The molecule has 1 heterocycles. The molecule has 1 aromatic rings. The van der Waals surface area contributed by atoms with Crippen LogP contribution in [0.5, 0.6) is 5.88 Å². The zero-order valence-corrected chi connectivity index (χ0v) is 12.5. The Bertz CT molecular complexity index is 645. The third kappa shape index (κ3) is 4.88. The van der Waals surface area contributed by atoms with Gasteiger partial charge in [0.25, 0.3) is 9.05 Å². The van der Waals surface area contributed by atoms with Crippen LogP contribution >= 0.6 is 26.6 Å². The highest BCUT2D eigenvalue weighted by molar-refractivity contribution is 9.08. The van der Waals surface area contributed by atoms with E-state index in [1.54, 1.807) is 0 Å². The molecule has 21 heavy (non-hydrogen) atoms. The van der Waals surface area contributed by atoms with Crippen LogP contribution < -0.4 is 4.74 Å². The summed E-state index contributed by atoms with van der Waals surface area (Å²) in [6.07, 6.45) is -10.4. The highest BCUT2D eigenvalue weighted by Gasteiger charge is 2.40. The van der Waals surface area contributed by atoms with E-state index in [1.807, 2.05) is 0 Å². The van der Waals surface area contributed by atoms with Crippen molar-refractivity contribution in [2.45, 2.75) is 22.8 Å². The van der Waals surface area contributed by atoms with Gasteiger partial charge in [0.15, 0.2) is 0 Å². The number of aromatic nitrogens is 1. The van der Waals surface area contributed by atoms with E-state index < -0.39 is 49.0 Å². The molecule has 0 radical (unpaired) electrons. The summed E-state index contributed by atoms with van der Waals surface area (Å²) < 4.78 is 100. The molecule has 0 aliphatic heterocycles. The third-order valence-electron chi connectivity index (χ3n) is 1.94. The number of ether oxygens (including phenoxy) is 1. The highest BCUT2D eigenvalue weighted by atomic mass is 79.9. The molecule has 0 bridgehead atoms. The summed E-state index contributed by atoms with van der Waals surface area (Å²) in [7, 11) is -0.128. The van der Waals surface area contributed by atoms with Crippen molar-refractivity contribution in [3.05, 3.63) is 17.3 Å². The monoisotopic (exact) mass is 421 g/mol. The van der Waals surface area contributed by atoms with Crippen LogP contribution in [-0.4, -0.2) is 19.8 Å². The molecule has 120 valence electrons. The summed E-state index contributed by atoms with van der Waals surface area (Å²) in [5.41, 5.74) is -2.43. The van der Waals surface area contributed by atoms with E-state index in [2.05, 4.69) is 25.7 Å². The largest absolute Gasteiger partial charge is 0.574 e. The van der Waals surface area contributed by atoms with Gasteiger partial charge in [0.2, 0.25) is 5.88 Å². The quantitative estimate of drug-likeness (QED) is 0.422. The van der Waals surface area contributed by atoms with Crippen molar-refractivity contribution in [1.82, 2.24) is 4.98 Å². The predicted molar refractivity (Wildman–Crippen MR) is 61.6 cm³/mol. The molecule has 0 fully saturated rings. The van der Waals surface area contributed by atoms with Gasteiger partial charge < -0.3 is 4.74 Å². The molecule has 1 rings (SSSR count). The van der Waals surface area contributed by atoms with E-state index in [4.69, 9.17) is 10.7 Å². The van der Waals surface area contributed by atoms with Crippen molar-refractivity contribution < 1.29 is 39.5 Å². The van der Waals surface area contributed by atoms with E-state index in [1.165, 1.54) is 0 Å². The van der Waals surface area contributed by atoms with Crippen molar-refractivity contribution in [2.24, 2.45) is 0 Å². The van der Waals surface area contributed by atoms with Gasteiger partial charge >= 0.3 is 12.5 Å². The van der Waals surface area contributed by atoms with Crippen molar-refractivity contribution in [3.63, 3.8) is 0 Å². The summed E-state index contributed by atoms with van der Waals surface area (Å²) >= 11 is 2.61. The molecule has 13 heteroatoms. The van der Waals surface area contributed by atoms with Gasteiger partial charge in [-0.05, 0) is 6.07 Å². The minimum atomic E-state index is -5.35. The Balaban J connectivity index is 3.65. The molecule has 0 spiro atoms. The Morgan fingerprint density at radius 3 is 2.10 bits per heavy atom. The van der Waals surface area contributed by atoms with Crippen LogP contribution in [0.3, 0.4) is 0 Å². The van der Waals surface area contributed by atoms with Crippen LogP contribution in [0.4, 0.5) is 26.3 Å². The number of alkyl halides is 7. The lowest BCUT2D eigenvalue weighted by Crippen LogP contribution is -2.21. The highest BCUT2D eigenvalue weighted by Crippen LogP contribution is 2.38. The van der Waals surface area contributed by atoms with Gasteiger partial charge in [0, 0.05) is 16.0 Å².